The third-order valence-corrected chi connectivity index (χ3v) is 2.12. The highest BCUT2D eigenvalue weighted by molar-refractivity contribution is 5.71. The van der Waals surface area contributed by atoms with Crippen molar-refractivity contribution < 1.29 is 18.8 Å². The molecular weight excluding hydrogens is 222 g/mol. The lowest BCUT2D eigenvalue weighted by molar-refractivity contribution is -0.142. The zero-order valence-corrected chi connectivity index (χ0v) is 10.4. The molecule has 0 saturated carbocycles. The number of hydrogen-bond acceptors (Lipinski definition) is 5. The highest BCUT2D eigenvalue weighted by atomic mass is 16.5. The Labute approximate surface area is 101 Å². The Kier molecular flexibility index (Phi) is 6.32. The van der Waals surface area contributed by atoms with Gasteiger partial charge in [-0.05, 0) is 13.3 Å². The summed E-state index contributed by atoms with van der Waals surface area (Å²) in [7, 11) is 0. The topological polar surface area (TPSA) is 61.6 Å². The SMILES string of the molecule is CCCCOCc1cc(CC(=O)OCC)on1. The lowest BCUT2D eigenvalue weighted by Gasteiger charge is -1.98. The smallest absolute Gasteiger partial charge is 0.313 e. The third kappa shape index (κ3) is 5.49. The number of carbonyl (C=O) groups excluding carboxylic acids is 1. The number of nitrogens with zero attached hydrogens (tertiary/aromatic N) is 1. The number of esters is 1. The molecule has 0 aliphatic rings. The molecule has 1 rings (SSSR count). The van der Waals surface area contributed by atoms with Crippen molar-refractivity contribution in [1.29, 1.82) is 0 Å². The van der Waals surface area contributed by atoms with Crippen molar-refractivity contribution in [2.24, 2.45) is 0 Å². The van der Waals surface area contributed by atoms with E-state index in [9.17, 15) is 4.79 Å². The van der Waals surface area contributed by atoms with Crippen LogP contribution < -0.4 is 0 Å². The number of rotatable bonds is 8. The van der Waals surface area contributed by atoms with Gasteiger partial charge >= 0.3 is 5.97 Å². The first-order valence-electron chi connectivity index (χ1n) is 5.94. The molecule has 0 bridgehead atoms. The van der Waals surface area contributed by atoms with Crippen LogP contribution in [0.4, 0.5) is 0 Å². The monoisotopic (exact) mass is 241 g/mol. The van der Waals surface area contributed by atoms with Gasteiger partial charge in [0.05, 0.1) is 13.2 Å². The summed E-state index contributed by atoms with van der Waals surface area (Å²) in [6, 6.07) is 1.73. The van der Waals surface area contributed by atoms with E-state index in [2.05, 4.69) is 12.1 Å². The van der Waals surface area contributed by atoms with E-state index >= 15 is 0 Å². The minimum absolute atomic E-state index is 0.121. The molecule has 5 nitrogen and oxygen atoms in total. The molecule has 0 atom stereocenters. The van der Waals surface area contributed by atoms with Gasteiger partial charge in [-0.25, -0.2) is 0 Å². The predicted molar refractivity (Wildman–Crippen MR) is 61.4 cm³/mol. The Morgan fingerprint density at radius 3 is 3.00 bits per heavy atom. The van der Waals surface area contributed by atoms with Gasteiger partial charge in [0.25, 0.3) is 0 Å². The highest BCUT2D eigenvalue weighted by Gasteiger charge is 2.10. The maximum Gasteiger partial charge on any atom is 0.313 e. The molecule has 0 N–H and O–H groups in total. The summed E-state index contributed by atoms with van der Waals surface area (Å²) < 4.78 is 15.2. The molecule has 0 saturated heterocycles. The minimum atomic E-state index is -0.304. The minimum Gasteiger partial charge on any atom is -0.466 e. The van der Waals surface area contributed by atoms with Crippen LogP contribution in [0.25, 0.3) is 0 Å². The average molecular weight is 241 g/mol. The van der Waals surface area contributed by atoms with Crippen molar-refractivity contribution in [3.05, 3.63) is 17.5 Å². The lowest BCUT2D eigenvalue weighted by Crippen LogP contribution is -2.06. The van der Waals surface area contributed by atoms with E-state index in [-0.39, 0.29) is 12.4 Å². The summed E-state index contributed by atoms with van der Waals surface area (Å²) in [6.07, 6.45) is 2.26. The van der Waals surface area contributed by atoms with Gasteiger partial charge in [0.1, 0.15) is 17.9 Å². The number of hydrogen-bond donors (Lipinski definition) is 0. The van der Waals surface area contributed by atoms with Gasteiger partial charge in [-0.2, -0.15) is 0 Å². The highest BCUT2D eigenvalue weighted by Crippen LogP contribution is 2.07. The van der Waals surface area contributed by atoms with Crippen LogP contribution in [0.5, 0.6) is 0 Å². The fourth-order valence-corrected chi connectivity index (χ4v) is 1.28. The van der Waals surface area contributed by atoms with E-state index in [0.29, 0.717) is 24.7 Å². The second-order valence-electron chi connectivity index (χ2n) is 3.67. The van der Waals surface area contributed by atoms with Gasteiger partial charge in [0.2, 0.25) is 0 Å². The quantitative estimate of drug-likeness (QED) is 0.515. The molecular formula is C12H19NO4. The molecule has 0 spiro atoms. The summed E-state index contributed by atoms with van der Waals surface area (Å²) in [5.41, 5.74) is 0.709. The van der Waals surface area contributed by atoms with Gasteiger partial charge in [-0.3, -0.25) is 4.79 Å². The maximum absolute atomic E-state index is 11.2. The second kappa shape index (κ2) is 7.84. The van der Waals surface area contributed by atoms with Crippen molar-refractivity contribution in [3.8, 4) is 0 Å². The Morgan fingerprint density at radius 2 is 2.29 bits per heavy atom. The van der Waals surface area contributed by atoms with Gasteiger partial charge in [-0.1, -0.05) is 18.5 Å². The molecule has 1 aromatic rings. The first-order chi connectivity index (χ1) is 8.26. The Balaban J connectivity index is 2.29. The Bertz CT molecular complexity index is 335. The van der Waals surface area contributed by atoms with Crippen LogP contribution in [-0.2, 0) is 27.3 Å². The zero-order valence-electron chi connectivity index (χ0n) is 10.4. The molecule has 5 heteroatoms. The van der Waals surface area contributed by atoms with E-state index < -0.39 is 0 Å². The molecule has 0 fully saturated rings. The molecule has 0 radical (unpaired) electrons. The van der Waals surface area contributed by atoms with Crippen LogP contribution in [0, 0.1) is 0 Å². The van der Waals surface area contributed by atoms with Gasteiger partial charge in [-0.15, -0.1) is 0 Å². The standard InChI is InChI=1S/C12H19NO4/c1-3-5-6-15-9-10-7-11(17-13-10)8-12(14)16-4-2/h7H,3-6,8-9H2,1-2H3. The van der Waals surface area contributed by atoms with E-state index in [1.807, 2.05) is 0 Å². The second-order valence-corrected chi connectivity index (χ2v) is 3.67. The van der Waals surface area contributed by atoms with E-state index in [0.717, 1.165) is 19.4 Å². The molecule has 96 valence electrons. The average Bonchev–Trinajstić information content (AvgIpc) is 2.72. The van der Waals surface area contributed by atoms with Crippen molar-refractivity contribution >= 4 is 5.97 Å². The number of ether oxygens (including phenoxy) is 2. The van der Waals surface area contributed by atoms with Crippen LogP contribution in [0.15, 0.2) is 10.6 Å². The number of aromatic nitrogens is 1. The summed E-state index contributed by atoms with van der Waals surface area (Å²) >= 11 is 0. The Hall–Kier alpha value is -1.36. The summed E-state index contributed by atoms with van der Waals surface area (Å²) in [4.78, 5) is 11.2. The lowest BCUT2D eigenvalue weighted by atomic mass is 10.3. The normalized spacial score (nSPS) is 10.5. The Morgan fingerprint density at radius 1 is 1.47 bits per heavy atom. The molecule has 1 aromatic heterocycles. The first kappa shape index (κ1) is 13.7. The van der Waals surface area contributed by atoms with Gasteiger partial charge in [0.15, 0.2) is 0 Å². The summed E-state index contributed by atoms with van der Waals surface area (Å²) in [5, 5.41) is 3.82. The van der Waals surface area contributed by atoms with E-state index in [4.69, 9.17) is 14.0 Å². The molecule has 17 heavy (non-hydrogen) atoms. The van der Waals surface area contributed by atoms with Crippen LogP contribution in [0.2, 0.25) is 0 Å². The zero-order chi connectivity index (χ0) is 12.5. The van der Waals surface area contributed by atoms with Crippen LogP contribution in [0.1, 0.15) is 38.1 Å². The maximum atomic E-state index is 11.2. The summed E-state index contributed by atoms with van der Waals surface area (Å²) in [5.74, 6) is 0.208. The van der Waals surface area contributed by atoms with Crippen LogP contribution in [0.3, 0.4) is 0 Å². The fourth-order valence-electron chi connectivity index (χ4n) is 1.28. The van der Waals surface area contributed by atoms with Gasteiger partial charge < -0.3 is 14.0 Å². The first-order valence-corrected chi connectivity index (χ1v) is 5.94. The van der Waals surface area contributed by atoms with Crippen LogP contribution >= 0.6 is 0 Å². The molecule has 0 unspecified atom stereocenters. The van der Waals surface area contributed by atoms with Gasteiger partial charge in [0, 0.05) is 12.7 Å². The van der Waals surface area contributed by atoms with E-state index in [1.165, 1.54) is 0 Å². The predicted octanol–water partition coefficient (Wildman–Crippen LogP) is 2.10. The number of carbonyl (C=O) groups is 1. The third-order valence-electron chi connectivity index (χ3n) is 2.12. The molecule has 1 heterocycles. The molecule has 0 aliphatic heterocycles. The summed E-state index contributed by atoms with van der Waals surface area (Å²) in [6.45, 7) is 5.39. The molecule has 0 aromatic carbocycles. The van der Waals surface area contributed by atoms with Crippen molar-refractivity contribution in [2.45, 2.75) is 39.7 Å². The van der Waals surface area contributed by atoms with Crippen molar-refractivity contribution in [2.75, 3.05) is 13.2 Å². The van der Waals surface area contributed by atoms with Crippen molar-refractivity contribution in [3.63, 3.8) is 0 Å². The molecule has 0 amide bonds. The van der Waals surface area contributed by atoms with Crippen molar-refractivity contribution in [1.82, 2.24) is 5.16 Å². The number of unbranched alkanes of at least 4 members (excludes halogenated alkanes) is 1. The van der Waals surface area contributed by atoms with E-state index in [1.54, 1.807) is 13.0 Å². The molecule has 0 aliphatic carbocycles. The fraction of sp³-hybridized carbons (Fsp3) is 0.667. The largest absolute Gasteiger partial charge is 0.466 e. The van der Waals surface area contributed by atoms with Crippen LogP contribution in [-0.4, -0.2) is 24.3 Å².